The Balaban J connectivity index is 3.16. The van der Waals surface area contributed by atoms with Crippen LogP contribution in [-0.2, 0) is 0 Å². The quantitative estimate of drug-likeness (QED) is 0.490. The lowest BCUT2D eigenvalue weighted by atomic mass is 10.2. The fraction of sp³-hybridized carbons (Fsp3) is 0.273. The lowest BCUT2D eigenvalue weighted by Gasteiger charge is -2.11. The zero-order valence-corrected chi connectivity index (χ0v) is 9.62. The average molecular weight is 249 g/mol. The van der Waals surface area contributed by atoms with E-state index in [4.69, 9.17) is 6.42 Å². The predicted molar refractivity (Wildman–Crippen MR) is 66.3 cm³/mol. The van der Waals surface area contributed by atoms with Crippen molar-refractivity contribution in [2.75, 3.05) is 5.32 Å². The molecule has 0 aliphatic heterocycles. The van der Waals surface area contributed by atoms with Gasteiger partial charge in [0, 0.05) is 6.07 Å². The molecule has 7 heteroatoms. The molecule has 0 aromatic heterocycles. The van der Waals surface area contributed by atoms with Crippen molar-refractivity contribution >= 4 is 17.1 Å². The molecule has 1 N–H and O–H groups in total. The number of hydrogen-bond donors (Lipinski definition) is 1. The normalized spacial score (nSPS) is 11.3. The summed E-state index contributed by atoms with van der Waals surface area (Å²) in [6, 6.07) is 3.03. The number of nitrogens with zero attached hydrogens (tertiary/aromatic N) is 2. The van der Waals surface area contributed by atoms with Gasteiger partial charge in [-0.15, -0.1) is 6.42 Å². The molecule has 94 valence electrons. The molecule has 1 aromatic carbocycles. The van der Waals surface area contributed by atoms with Gasteiger partial charge in [-0.3, -0.25) is 20.2 Å². The number of anilines is 1. The van der Waals surface area contributed by atoms with Gasteiger partial charge in [0.1, 0.15) is 5.69 Å². The average Bonchev–Trinajstić information content (AvgIpc) is 2.35. The molecule has 18 heavy (non-hydrogen) atoms. The molecular weight excluding hydrogens is 238 g/mol. The van der Waals surface area contributed by atoms with Crippen LogP contribution in [0.15, 0.2) is 18.2 Å². The molecule has 7 nitrogen and oxygen atoms in total. The summed E-state index contributed by atoms with van der Waals surface area (Å²) in [5.41, 5.74) is -0.519. The van der Waals surface area contributed by atoms with Gasteiger partial charge in [0.2, 0.25) is 0 Å². The third-order valence-electron chi connectivity index (χ3n) is 2.33. The van der Waals surface area contributed by atoms with Crippen LogP contribution in [0, 0.1) is 32.6 Å². The van der Waals surface area contributed by atoms with Gasteiger partial charge in [-0.25, -0.2) is 0 Å². The summed E-state index contributed by atoms with van der Waals surface area (Å²) in [6.45, 7) is 1.83. The Morgan fingerprint density at radius 3 is 2.50 bits per heavy atom. The van der Waals surface area contributed by atoms with E-state index < -0.39 is 9.85 Å². The maximum atomic E-state index is 10.8. The Morgan fingerprint density at radius 2 is 2.06 bits per heavy atom. The molecule has 0 saturated heterocycles. The van der Waals surface area contributed by atoms with Gasteiger partial charge in [-0.1, -0.05) is 12.8 Å². The molecule has 0 bridgehead atoms. The summed E-state index contributed by atoms with van der Waals surface area (Å²) in [6.07, 6.45) is 5.83. The van der Waals surface area contributed by atoms with Crippen LogP contribution < -0.4 is 5.32 Å². The minimum absolute atomic E-state index is 0.176. The van der Waals surface area contributed by atoms with Crippen LogP contribution in [0.4, 0.5) is 17.1 Å². The molecular formula is C11H11N3O4. The highest BCUT2D eigenvalue weighted by Gasteiger charge is 2.20. The van der Waals surface area contributed by atoms with E-state index in [9.17, 15) is 20.2 Å². The first-order chi connectivity index (χ1) is 8.49. The van der Waals surface area contributed by atoms with Crippen LogP contribution in [0.25, 0.3) is 0 Å². The van der Waals surface area contributed by atoms with Gasteiger partial charge in [-0.2, -0.15) is 0 Å². The Labute approximate surface area is 103 Å². The van der Waals surface area contributed by atoms with E-state index in [0.29, 0.717) is 6.42 Å². The second-order valence-corrected chi connectivity index (χ2v) is 3.49. The molecule has 0 radical (unpaired) electrons. The number of terminal acetylenes is 1. The van der Waals surface area contributed by atoms with Crippen LogP contribution in [-0.4, -0.2) is 15.9 Å². The molecule has 0 fully saturated rings. The molecule has 1 rings (SSSR count). The van der Waals surface area contributed by atoms with E-state index in [1.807, 2.05) is 6.92 Å². The van der Waals surface area contributed by atoms with E-state index in [0.717, 1.165) is 6.07 Å². The second-order valence-electron chi connectivity index (χ2n) is 3.49. The third kappa shape index (κ3) is 2.95. The molecule has 0 saturated carbocycles. The van der Waals surface area contributed by atoms with Crippen LogP contribution in [0.5, 0.6) is 0 Å². The number of rotatable bonds is 5. The van der Waals surface area contributed by atoms with Crippen LogP contribution in [0.3, 0.4) is 0 Å². The third-order valence-corrected chi connectivity index (χ3v) is 2.33. The lowest BCUT2D eigenvalue weighted by molar-refractivity contribution is -0.393. The zero-order valence-electron chi connectivity index (χ0n) is 9.62. The molecule has 0 spiro atoms. The monoisotopic (exact) mass is 249 g/mol. The van der Waals surface area contributed by atoms with E-state index in [1.54, 1.807) is 0 Å². The van der Waals surface area contributed by atoms with E-state index in [1.165, 1.54) is 12.1 Å². The Hall–Kier alpha value is -2.62. The molecule has 0 amide bonds. The molecule has 1 aromatic rings. The topological polar surface area (TPSA) is 98.3 Å². The van der Waals surface area contributed by atoms with E-state index in [2.05, 4.69) is 11.2 Å². The zero-order chi connectivity index (χ0) is 13.7. The summed E-state index contributed by atoms with van der Waals surface area (Å²) in [7, 11) is 0. The van der Waals surface area contributed by atoms with Crippen LogP contribution in [0.2, 0.25) is 0 Å². The summed E-state index contributed by atoms with van der Waals surface area (Å²) in [5, 5.41) is 24.2. The van der Waals surface area contributed by atoms with Crippen molar-refractivity contribution in [3.8, 4) is 12.3 Å². The number of nitro benzene ring substituents is 2. The first kappa shape index (κ1) is 13.4. The first-order valence-corrected chi connectivity index (χ1v) is 5.15. The highest BCUT2D eigenvalue weighted by atomic mass is 16.6. The maximum absolute atomic E-state index is 10.8. The fourth-order valence-corrected chi connectivity index (χ4v) is 1.36. The molecule has 1 unspecified atom stereocenters. The van der Waals surface area contributed by atoms with Crippen molar-refractivity contribution in [1.29, 1.82) is 0 Å². The summed E-state index contributed by atoms with van der Waals surface area (Å²) >= 11 is 0. The predicted octanol–water partition coefficient (Wildman–Crippen LogP) is 2.33. The van der Waals surface area contributed by atoms with Gasteiger partial charge >= 0.3 is 0 Å². The molecule has 0 aliphatic carbocycles. The van der Waals surface area contributed by atoms with Crippen molar-refractivity contribution in [2.45, 2.75) is 19.4 Å². The number of nitro groups is 2. The molecule has 0 aliphatic rings. The minimum Gasteiger partial charge on any atom is -0.366 e. The van der Waals surface area contributed by atoms with Gasteiger partial charge in [0.25, 0.3) is 11.4 Å². The van der Waals surface area contributed by atoms with Crippen molar-refractivity contribution in [1.82, 2.24) is 0 Å². The lowest BCUT2D eigenvalue weighted by Crippen LogP contribution is -2.16. The second kappa shape index (κ2) is 5.63. The smallest absolute Gasteiger partial charge is 0.299 e. The summed E-state index contributed by atoms with van der Waals surface area (Å²) in [5.74, 6) is 2.44. The van der Waals surface area contributed by atoms with E-state index >= 15 is 0 Å². The molecule has 1 atom stereocenters. The van der Waals surface area contributed by atoms with Gasteiger partial charge < -0.3 is 5.32 Å². The standard InChI is InChI=1S/C11H11N3O4/c1-3-8(4-2)12-10-6-5-9(13(15)16)7-11(10)14(17)18/h1,5-8,12H,4H2,2H3. The number of nitrogens with one attached hydrogen (secondary N) is 1. The van der Waals surface area contributed by atoms with Crippen LogP contribution in [0.1, 0.15) is 13.3 Å². The highest BCUT2D eigenvalue weighted by Crippen LogP contribution is 2.29. The summed E-state index contributed by atoms with van der Waals surface area (Å²) in [4.78, 5) is 20.0. The first-order valence-electron chi connectivity index (χ1n) is 5.15. The van der Waals surface area contributed by atoms with Crippen LogP contribution >= 0.6 is 0 Å². The summed E-state index contributed by atoms with van der Waals surface area (Å²) < 4.78 is 0. The Bertz CT molecular complexity index is 522. The highest BCUT2D eigenvalue weighted by molar-refractivity contribution is 5.66. The molecule has 0 heterocycles. The van der Waals surface area contributed by atoms with Crippen molar-refractivity contribution < 1.29 is 9.85 Å². The van der Waals surface area contributed by atoms with Gasteiger partial charge in [0.05, 0.1) is 22.0 Å². The maximum Gasteiger partial charge on any atom is 0.299 e. The van der Waals surface area contributed by atoms with Crippen molar-refractivity contribution in [2.24, 2.45) is 0 Å². The number of non-ortho nitro benzene ring substituents is 1. The van der Waals surface area contributed by atoms with Gasteiger partial charge in [-0.05, 0) is 12.5 Å². The SMILES string of the molecule is C#CC(CC)Nc1ccc([N+](=O)[O-])cc1[N+](=O)[O-]. The van der Waals surface area contributed by atoms with E-state index in [-0.39, 0.29) is 23.1 Å². The van der Waals surface area contributed by atoms with Crippen molar-refractivity contribution in [3.05, 3.63) is 38.4 Å². The minimum atomic E-state index is -0.685. The van der Waals surface area contributed by atoms with Crippen molar-refractivity contribution in [3.63, 3.8) is 0 Å². The fourth-order valence-electron chi connectivity index (χ4n) is 1.36. The largest absolute Gasteiger partial charge is 0.366 e. The Morgan fingerprint density at radius 1 is 1.39 bits per heavy atom. The number of benzene rings is 1. The number of hydrogen-bond acceptors (Lipinski definition) is 5. The van der Waals surface area contributed by atoms with Gasteiger partial charge in [0.15, 0.2) is 0 Å². The Kier molecular flexibility index (Phi) is 4.21.